The van der Waals surface area contributed by atoms with E-state index in [-0.39, 0.29) is 35.9 Å². The molecule has 2 rings (SSSR count). The van der Waals surface area contributed by atoms with Crippen molar-refractivity contribution in [2.75, 3.05) is 0 Å². The van der Waals surface area contributed by atoms with Crippen molar-refractivity contribution >= 4 is 10.1 Å². The van der Waals surface area contributed by atoms with Gasteiger partial charge < -0.3 is 1.43 Å². The smallest absolute Gasteiger partial charge is 1.00 e. The first-order valence-corrected chi connectivity index (χ1v) is 6.34. The van der Waals surface area contributed by atoms with Gasteiger partial charge in [0.2, 0.25) is 0 Å². The van der Waals surface area contributed by atoms with E-state index in [0.29, 0.717) is 5.56 Å². The summed E-state index contributed by atoms with van der Waals surface area (Å²) in [6.07, 6.45) is 0. The molecule has 0 aliphatic rings. The first-order chi connectivity index (χ1) is 8.15. The van der Waals surface area contributed by atoms with E-state index < -0.39 is 10.1 Å². The summed E-state index contributed by atoms with van der Waals surface area (Å²) >= 11 is 0. The van der Waals surface area contributed by atoms with Crippen LogP contribution in [0.5, 0.6) is 0 Å². The van der Waals surface area contributed by atoms with Crippen LogP contribution in [0.25, 0.3) is 11.1 Å². The van der Waals surface area contributed by atoms with Gasteiger partial charge in [-0.3, -0.25) is 0 Å². The predicted molar refractivity (Wildman–Crippen MR) is 65.4 cm³/mol. The minimum atomic E-state index is -3.90. The summed E-state index contributed by atoms with van der Waals surface area (Å²) < 4.78 is 27.4. The van der Waals surface area contributed by atoms with Gasteiger partial charge in [0.05, 0.1) is 0 Å². The molecule has 0 unspecified atom stereocenters. The molecule has 0 saturated carbocycles. The Morgan fingerprint density at radius 2 is 1.50 bits per heavy atom. The summed E-state index contributed by atoms with van der Waals surface area (Å²) in [5.74, 6) is 4.80. The number of rotatable bonds is 3. The van der Waals surface area contributed by atoms with Gasteiger partial charge in [-0.05, 0) is 11.6 Å². The summed E-state index contributed by atoms with van der Waals surface area (Å²) in [7, 11) is -3.90. The van der Waals surface area contributed by atoms with Gasteiger partial charge in [0.1, 0.15) is 4.90 Å². The fourth-order valence-corrected chi connectivity index (χ4v) is 2.40. The Bertz CT molecular complexity index is 620. The maximum atomic E-state index is 11.6. The predicted octanol–water partition coefficient (Wildman–Crippen LogP) is -0.951. The Kier molecular flexibility index (Phi) is 5.52. The van der Waals surface area contributed by atoms with Crippen molar-refractivity contribution in [3.63, 3.8) is 0 Å². The molecule has 6 heteroatoms. The summed E-state index contributed by atoms with van der Waals surface area (Å²) in [4.78, 5) is 0.0636. The molecule has 0 aromatic heterocycles. The first-order valence-electron chi connectivity index (χ1n) is 4.93. The van der Waals surface area contributed by atoms with E-state index in [1.165, 1.54) is 6.07 Å². The number of hydrogen-bond acceptors (Lipinski definition) is 4. The second-order valence-electron chi connectivity index (χ2n) is 3.41. The fraction of sp³-hybridized carbons (Fsp3) is 0. The van der Waals surface area contributed by atoms with Crippen molar-refractivity contribution in [1.82, 2.24) is 0 Å². The SMILES string of the molecule is NOS(=O)(=O)c1ccccc1-c1ccccc1.[H-].[Na+]. The van der Waals surface area contributed by atoms with Crippen molar-refractivity contribution in [1.29, 1.82) is 0 Å². The van der Waals surface area contributed by atoms with Crippen LogP contribution in [0.4, 0.5) is 0 Å². The van der Waals surface area contributed by atoms with Crippen LogP contribution in [0.3, 0.4) is 0 Å². The Balaban J connectivity index is 0.00000162. The normalized spacial score (nSPS) is 10.7. The number of hydrogen-bond donors (Lipinski definition) is 1. The molecule has 18 heavy (non-hydrogen) atoms. The van der Waals surface area contributed by atoms with E-state index in [2.05, 4.69) is 4.28 Å². The molecule has 0 atom stereocenters. The zero-order valence-corrected chi connectivity index (χ0v) is 12.7. The summed E-state index contributed by atoms with van der Waals surface area (Å²) in [5, 5.41) is 0. The number of benzene rings is 2. The summed E-state index contributed by atoms with van der Waals surface area (Å²) in [6.45, 7) is 0. The molecule has 2 aromatic carbocycles. The van der Waals surface area contributed by atoms with Crippen LogP contribution in [-0.4, -0.2) is 8.42 Å². The average Bonchev–Trinajstić information content (AvgIpc) is 2.40. The van der Waals surface area contributed by atoms with Crippen molar-refractivity contribution in [2.24, 2.45) is 5.90 Å². The fourth-order valence-electron chi connectivity index (χ4n) is 1.59. The van der Waals surface area contributed by atoms with Crippen molar-refractivity contribution < 1.29 is 43.7 Å². The molecule has 2 aromatic rings. The standard InChI is InChI=1S/C12H11NO3S.Na.H/c13-16-17(14,15)12-9-5-4-8-11(12)10-6-2-1-3-7-10;;/h1-9H,13H2;;/q;+1;-1. The maximum absolute atomic E-state index is 11.6. The Hall–Kier alpha value is -0.690. The second kappa shape index (κ2) is 6.47. The van der Waals surface area contributed by atoms with Gasteiger partial charge in [0.25, 0.3) is 0 Å². The molecular weight excluding hydrogens is 261 g/mol. The van der Waals surface area contributed by atoms with Crippen LogP contribution in [0.2, 0.25) is 0 Å². The van der Waals surface area contributed by atoms with E-state index in [9.17, 15) is 8.42 Å². The van der Waals surface area contributed by atoms with Crippen LogP contribution in [-0.2, 0) is 14.4 Å². The van der Waals surface area contributed by atoms with E-state index >= 15 is 0 Å². The van der Waals surface area contributed by atoms with Crippen molar-refractivity contribution in [3.8, 4) is 11.1 Å². The van der Waals surface area contributed by atoms with Crippen LogP contribution in [0, 0.1) is 0 Å². The monoisotopic (exact) mass is 273 g/mol. The minimum Gasteiger partial charge on any atom is -1.00 e. The third-order valence-corrected chi connectivity index (χ3v) is 3.52. The molecule has 0 fully saturated rings. The van der Waals surface area contributed by atoms with Crippen LogP contribution in [0.15, 0.2) is 59.5 Å². The van der Waals surface area contributed by atoms with Gasteiger partial charge in [-0.1, -0.05) is 48.5 Å². The van der Waals surface area contributed by atoms with Gasteiger partial charge in [-0.2, -0.15) is 18.6 Å². The molecule has 0 radical (unpaired) electrons. The zero-order chi connectivity index (χ0) is 12.3. The van der Waals surface area contributed by atoms with Gasteiger partial charge in [0.15, 0.2) is 0 Å². The molecular formula is C12H12NNaO3S. The summed E-state index contributed by atoms with van der Waals surface area (Å²) in [5.41, 5.74) is 1.36. The van der Waals surface area contributed by atoms with E-state index in [4.69, 9.17) is 5.90 Å². The molecule has 0 aliphatic carbocycles. The van der Waals surface area contributed by atoms with Gasteiger partial charge in [-0.25, -0.2) is 0 Å². The van der Waals surface area contributed by atoms with E-state index in [0.717, 1.165) is 5.56 Å². The molecule has 0 amide bonds. The van der Waals surface area contributed by atoms with Crippen LogP contribution < -0.4 is 35.5 Å². The molecule has 0 bridgehead atoms. The molecule has 0 aliphatic heterocycles. The van der Waals surface area contributed by atoms with Crippen LogP contribution in [0.1, 0.15) is 1.43 Å². The largest absolute Gasteiger partial charge is 1.00 e. The molecule has 0 saturated heterocycles. The Morgan fingerprint density at radius 1 is 0.944 bits per heavy atom. The van der Waals surface area contributed by atoms with E-state index in [1.807, 2.05) is 30.3 Å². The quantitative estimate of drug-likeness (QED) is 0.578. The van der Waals surface area contributed by atoms with E-state index in [1.54, 1.807) is 18.2 Å². The molecule has 0 spiro atoms. The molecule has 4 nitrogen and oxygen atoms in total. The number of nitrogens with two attached hydrogens (primary N) is 1. The minimum absolute atomic E-state index is 0. The topological polar surface area (TPSA) is 69.4 Å². The first kappa shape index (κ1) is 15.4. The second-order valence-corrected chi connectivity index (χ2v) is 4.95. The zero-order valence-electron chi connectivity index (χ0n) is 10.9. The van der Waals surface area contributed by atoms with Gasteiger partial charge >= 0.3 is 39.7 Å². The van der Waals surface area contributed by atoms with Crippen molar-refractivity contribution in [2.45, 2.75) is 4.90 Å². The maximum Gasteiger partial charge on any atom is 1.00 e. The molecule has 90 valence electrons. The molecule has 2 N–H and O–H groups in total. The molecule has 0 heterocycles. The Labute approximate surface area is 130 Å². The summed E-state index contributed by atoms with van der Waals surface area (Å²) in [6, 6.07) is 15.7. The average molecular weight is 273 g/mol. The van der Waals surface area contributed by atoms with Crippen LogP contribution >= 0.6 is 0 Å². The third-order valence-electron chi connectivity index (χ3n) is 2.37. The van der Waals surface area contributed by atoms with Crippen molar-refractivity contribution in [3.05, 3.63) is 54.6 Å². The van der Waals surface area contributed by atoms with Gasteiger partial charge in [0, 0.05) is 5.56 Å². The third kappa shape index (κ3) is 3.20. The Morgan fingerprint density at radius 3 is 2.11 bits per heavy atom. The van der Waals surface area contributed by atoms with Gasteiger partial charge in [-0.15, -0.1) is 0 Å².